The Labute approximate surface area is 85.0 Å². The van der Waals surface area contributed by atoms with Crippen molar-refractivity contribution in [2.24, 2.45) is 11.7 Å². The molecule has 84 valence electrons. The third-order valence-electron chi connectivity index (χ3n) is 3.05. The Morgan fingerprint density at radius 2 is 1.86 bits per heavy atom. The van der Waals surface area contributed by atoms with Crippen molar-refractivity contribution in [3.8, 4) is 0 Å². The SMILES string of the molecule is NCC(CC1CCCCC1)P(=O)([O-])[O-]. The Balaban J connectivity index is 2.43. The topological polar surface area (TPSA) is 89.2 Å². The van der Waals surface area contributed by atoms with Crippen molar-refractivity contribution in [2.75, 3.05) is 6.54 Å². The quantitative estimate of drug-likeness (QED) is 0.684. The summed E-state index contributed by atoms with van der Waals surface area (Å²) < 4.78 is 10.8. The molecule has 0 saturated heterocycles. The summed E-state index contributed by atoms with van der Waals surface area (Å²) in [7, 11) is -4.47. The molecule has 0 radical (unpaired) electrons. The minimum absolute atomic E-state index is 0.0270. The zero-order valence-corrected chi connectivity index (χ0v) is 9.25. The summed E-state index contributed by atoms with van der Waals surface area (Å²) in [4.78, 5) is 21.7. The van der Waals surface area contributed by atoms with Gasteiger partial charge in [-0.25, -0.2) is 0 Å². The first-order valence-electron chi connectivity index (χ1n) is 5.26. The molecule has 1 rings (SSSR count). The lowest BCUT2D eigenvalue weighted by Gasteiger charge is -2.40. The normalized spacial score (nSPS) is 22.2. The highest BCUT2D eigenvalue weighted by Crippen LogP contribution is 2.38. The molecule has 4 nitrogen and oxygen atoms in total. The number of hydrogen-bond acceptors (Lipinski definition) is 4. The van der Waals surface area contributed by atoms with Crippen LogP contribution in [0.4, 0.5) is 0 Å². The summed E-state index contributed by atoms with van der Waals surface area (Å²) in [5, 5.41) is 0. The van der Waals surface area contributed by atoms with E-state index in [0.717, 1.165) is 25.7 Å². The van der Waals surface area contributed by atoms with Gasteiger partial charge in [0.2, 0.25) is 0 Å². The Morgan fingerprint density at radius 1 is 1.29 bits per heavy atom. The van der Waals surface area contributed by atoms with Crippen LogP contribution in [0.5, 0.6) is 0 Å². The van der Waals surface area contributed by atoms with Gasteiger partial charge >= 0.3 is 0 Å². The predicted molar refractivity (Wildman–Crippen MR) is 51.6 cm³/mol. The van der Waals surface area contributed by atoms with E-state index >= 15 is 0 Å². The van der Waals surface area contributed by atoms with Crippen LogP contribution in [0.2, 0.25) is 0 Å². The van der Waals surface area contributed by atoms with Gasteiger partial charge in [-0.15, -0.1) is 0 Å². The molecule has 2 N–H and O–H groups in total. The van der Waals surface area contributed by atoms with Crippen molar-refractivity contribution in [3.63, 3.8) is 0 Å². The van der Waals surface area contributed by atoms with Crippen LogP contribution in [-0.2, 0) is 4.57 Å². The fourth-order valence-electron chi connectivity index (χ4n) is 2.16. The standard InChI is InChI=1S/C9H20NO3P/c10-7-9(14(11,12)13)6-8-4-2-1-3-5-8/h8-9H,1-7,10H2,(H2,11,12,13)/p-2. The van der Waals surface area contributed by atoms with Gasteiger partial charge in [-0.05, 0) is 24.5 Å². The maximum Gasteiger partial charge on any atom is -0.000256 e. The molecule has 1 fully saturated rings. The smallest absolute Gasteiger partial charge is 0.000256 e. The highest BCUT2D eigenvalue weighted by atomic mass is 31.2. The lowest BCUT2D eigenvalue weighted by atomic mass is 9.86. The molecule has 1 atom stereocenters. The molecule has 0 aromatic carbocycles. The average molecular weight is 219 g/mol. The minimum atomic E-state index is -4.47. The summed E-state index contributed by atoms with van der Waals surface area (Å²) in [6.45, 7) is -0.0270. The van der Waals surface area contributed by atoms with Crippen molar-refractivity contribution in [1.82, 2.24) is 0 Å². The second-order valence-electron chi connectivity index (χ2n) is 4.17. The summed E-state index contributed by atoms with van der Waals surface area (Å²) in [6.07, 6.45) is 6.12. The number of rotatable bonds is 4. The van der Waals surface area contributed by atoms with E-state index in [9.17, 15) is 14.4 Å². The highest BCUT2D eigenvalue weighted by molar-refractivity contribution is 7.49. The van der Waals surface area contributed by atoms with Crippen LogP contribution in [0.15, 0.2) is 0 Å². The van der Waals surface area contributed by atoms with E-state index in [2.05, 4.69) is 0 Å². The first-order chi connectivity index (χ1) is 6.54. The molecule has 0 bridgehead atoms. The van der Waals surface area contributed by atoms with E-state index in [1.807, 2.05) is 0 Å². The monoisotopic (exact) mass is 219 g/mol. The molecule has 1 unspecified atom stereocenters. The Morgan fingerprint density at radius 3 is 2.29 bits per heavy atom. The van der Waals surface area contributed by atoms with Crippen molar-refractivity contribution in [3.05, 3.63) is 0 Å². The maximum absolute atomic E-state index is 10.8. The first-order valence-corrected chi connectivity index (χ1v) is 6.87. The van der Waals surface area contributed by atoms with Crippen molar-refractivity contribution >= 4 is 7.60 Å². The summed E-state index contributed by atoms with van der Waals surface area (Å²) in [5.41, 5.74) is 4.46. The van der Waals surface area contributed by atoms with Crippen molar-refractivity contribution in [2.45, 2.75) is 44.2 Å². The molecular formula is C9H18NO3P-2. The summed E-state index contributed by atoms with van der Waals surface area (Å²) >= 11 is 0. The molecule has 5 heteroatoms. The lowest BCUT2D eigenvalue weighted by molar-refractivity contribution is -0.316. The van der Waals surface area contributed by atoms with Gasteiger partial charge in [0.15, 0.2) is 0 Å². The molecule has 0 aromatic rings. The largest absolute Gasteiger partial charge is 0.810 e. The van der Waals surface area contributed by atoms with Crippen LogP contribution in [0.25, 0.3) is 0 Å². The third-order valence-corrected chi connectivity index (χ3v) is 4.37. The van der Waals surface area contributed by atoms with Crippen LogP contribution in [0.3, 0.4) is 0 Å². The maximum atomic E-state index is 10.8. The Hall–Kier alpha value is 0.110. The molecule has 0 aliphatic heterocycles. The molecule has 1 aliphatic carbocycles. The first kappa shape index (κ1) is 12.2. The Kier molecular flexibility index (Phi) is 4.58. The molecule has 0 amide bonds. The van der Waals surface area contributed by atoms with Gasteiger partial charge in [0, 0.05) is 0 Å². The van der Waals surface area contributed by atoms with E-state index < -0.39 is 13.3 Å². The van der Waals surface area contributed by atoms with E-state index in [0.29, 0.717) is 12.3 Å². The molecule has 0 heterocycles. The zero-order chi connectivity index (χ0) is 10.6. The second-order valence-corrected chi connectivity index (χ2v) is 5.98. The van der Waals surface area contributed by atoms with Crippen LogP contribution in [-0.4, -0.2) is 12.2 Å². The zero-order valence-electron chi connectivity index (χ0n) is 8.35. The predicted octanol–water partition coefficient (Wildman–Crippen LogP) is 0.198. The van der Waals surface area contributed by atoms with Gasteiger partial charge in [-0.2, -0.15) is 0 Å². The van der Waals surface area contributed by atoms with E-state index in [1.165, 1.54) is 6.42 Å². The van der Waals surface area contributed by atoms with Crippen molar-refractivity contribution in [1.29, 1.82) is 0 Å². The molecule has 1 saturated carbocycles. The van der Waals surface area contributed by atoms with Gasteiger partial charge in [0.25, 0.3) is 0 Å². The minimum Gasteiger partial charge on any atom is -0.810 e. The van der Waals surface area contributed by atoms with Gasteiger partial charge in [0.1, 0.15) is 0 Å². The van der Waals surface area contributed by atoms with Crippen LogP contribution in [0, 0.1) is 5.92 Å². The van der Waals surface area contributed by atoms with Crippen LogP contribution >= 0.6 is 7.60 Å². The van der Waals surface area contributed by atoms with Crippen LogP contribution in [0.1, 0.15) is 38.5 Å². The van der Waals surface area contributed by atoms with Gasteiger partial charge in [-0.1, -0.05) is 39.7 Å². The second kappa shape index (κ2) is 5.26. The van der Waals surface area contributed by atoms with Gasteiger partial charge in [0.05, 0.1) is 0 Å². The molecule has 0 aromatic heterocycles. The Bertz CT molecular complexity index is 210. The lowest BCUT2D eigenvalue weighted by Crippen LogP contribution is -2.33. The molecule has 14 heavy (non-hydrogen) atoms. The summed E-state index contributed by atoms with van der Waals surface area (Å²) in [5.74, 6) is 0.397. The summed E-state index contributed by atoms with van der Waals surface area (Å²) in [6, 6.07) is 0. The van der Waals surface area contributed by atoms with Gasteiger partial charge < -0.3 is 20.1 Å². The van der Waals surface area contributed by atoms with Crippen molar-refractivity contribution < 1.29 is 14.4 Å². The molecule has 1 aliphatic rings. The average Bonchev–Trinajstić information content (AvgIpc) is 2.14. The third kappa shape index (κ3) is 3.70. The fourth-order valence-corrected chi connectivity index (χ4v) is 2.98. The van der Waals surface area contributed by atoms with Crippen LogP contribution < -0.4 is 15.5 Å². The van der Waals surface area contributed by atoms with E-state index in [-0.39, 0.29) is 6.54 Å². The fraction of sp³-hybridized carbons (Fsp3) is 1.00. The van der Waals surface area contributed by atoms with Gasteiger partial charge in [-0.3, -0.25) is 0 Å². The van der Waals surface area contributed by atoms with E-state index in [1.54, 1.807) is 0 Å². The van der Waals surface area contributed by atoms with E-state index in [4.69, 9.17) is 5.73 Å². The molecule has 0 spiro atoms. The molecular weight excluding hydrogens is 201 g/mol. The number of hydrogen-bond donors (Lipinski definition) is 1. The number of nitrogens with two attached hydrogens (primary N) is 1. The highest BCUT2D eigenvalue weighted by Gasteiger charge is 2.19.